The monoisotopic (exact) mass is 302 g/mol. The first-order valence-electron chi connectivity index (χ1n) is 5.99. The van der Waals surface area contributed by atoms with Crippen molar-refractivity contribution in [2.45, 2.75) is 9.92 Å². The van der Waals surface area contributed by atoms with Gasteiger partial charge in [0.15, 0.2) is 10.9 Å². The van der Waals surface area contributed by atoms with E-state index in [9.17, 15) is 0 Å². The van der Waals surface area contributed by atoms with Gasteiger partial charge in [-0.15, -0.1) is 0 Å². The molecule has 0 aliphatic carbocycles. The molecule has 1 heterocycles. The van der Waals surface area contributed by atoms with E-state index in [1.807, 2.05) is 12.1 Å². The van der Waals surface area contributed by atoms with E-state index in [1.54, 1.807) is 7.11 Å². The van der Waals surface area contributed by atoms with Gasteiger partial charge in [0.1, 0.15) is 11.4 Å². The first-order valence-corrected chi connectivity index (χ1v) is 7.18. The summed E-state index contributed by atoms with van der Waals surface area (Å²) in [5, 5.41) is 3.44. The van der Waals surface area contributed by atoms with Crippen molar-refractivity contribution in [3.63, 3.8) is 0 Å². The number of aromatic nitrogens is 2. The molecule has 20 heavy (non-hydrogen) atoms. The summed E-state index contributed by atoms with van der Waals surface area (Å²) >= 11 is 7.51. The number of fused-ring (bicyclic) bond motifs is 1. The number of hydrogen-bond acceptors (Lipinski definition) is 4. The van der Waals surface area contributed by atoms with Crippen LogP contribution in [0, 0.1) is 0 Å². The molecule has 0 fully saturated rings. The lowest BCUT2D eigenvalue weighted by molar-refractivity contribution is 0.398. The number of rotatable bonds is 3. The molecule has 0 aliphatic heterocycles. The van der Waals surface area contributed by atoms with Gasteiger partial charge in [0.2, 0.25) is 0 Å². The molecule has 0 amide bonds. The van der Waals surface area contributed by atoms with Crippen molar-refractivity contribution in [3.8, 4) is 5.75 Å². The van der Waals surface area contributed by atoms with Crippen molar-refractivity contribution in [1.29, 1.82) is 0 Å². The lowest BCUT2D eigenvalue weighted by Gasteiger charge is -2.08. The molecule has 0 unspecified atom stereocenters. The Bertz CT molecular complexity index is 764. The summed E-state index contributed by atoms with van der Waals surface area (Å²) in [4.78, 5) is 9.23. The lowest BCUT2D eigenvalue weighted by Crippen LogP contribution is -1.92. The Hall–Kier alpha value is -1.78. The first-order chi connectivity index (χ1) is 9.78. The molecular weight excluding hydrogens is 292 g/mol. The predicted molar refractivity (Wildman–Crippen MR) is 81.7 cm³/mol. The van der Waals surface area contributed by atoms with E-state index in [1.165, 1.54) is 28.9 Å². The zero-order valence-corrected chi connectivity index (χ0v) is 12.3. The predicted octanol–water partition coefficient (Wildman–Crippen LogP) is 4.44. The molecule has 0 spiro atoms. The fourth-order valence-corrected chi connectivity index (χ4v) is 3.11. The van der Waals surface area contributed by atoms with E-state index < -0.39 is 0 Å². The smallest absolute Gasteiger partial charge is 0.188 e. The van der Waals surface area contributed by atoms with Crippen molar-refractivity contribution in [2.75, 3.05) is 7.11 Å². The van der Waals surface area contributed by atoms with Gasteiger partial charge < -0.3 is 4.74 Å². The Morgan fingerprint density at radius 3 is 2.65 bits per heavy atom. The summed E-state index contributed by atoms with van der Waals surface area (Å²) in [5.41, 5.74) is 0. The van der Waals surface area contributed by atoms with Crippen LogP contribution in [0.3, 0.4) is 0 Å². The van der Waals surface area contributed by atoms with Gasteiger partial charge in [-0.3, -0.25) is 0 Å². The minimum absolute atomic E-state index is 0.325. The number of methoxy groups -OCH3 is 1. The van der Waals surface area contributed by atoms with Crippen molar-refractivity contribution in [1.82, 2.24) is 9.97 Å². The van der Waals surface area contributed by atoms with Crippen LogP contribution < -0.4 is 4.74 Å². The average molecular weight is 303 g/mol. The highest BCUT2D eigenvalue weighted by Crippen LogP contribution is 2.37. The highest BCUT2D eigenvalue weighted by Gasteiger charge is 2.11. The second kappa shape index (κ2) is 5.69. The zero-order chi connectivity index (χ0) is 13.9. The maximum atomic E-state index is 6.00. The second-order valence-electron chi connectivity index (χ2n) is 4.11. The van der Waals surface area contributed by atoms with E-state index in [0.29, 0.717) is 15.9 Å². The maximum Gasteiger partial charge on any atom is 0.188 e. The molecule has 5 heteroatoms. The van der Waals surface area contributed by atoms with Gasteiger partial charge in [0.25, 0.3) is 0 Å². The van der Waals surface area contributed by atoms with E-state index in [2.05, 4.69) is 40.3 Å². The topological polar surface area (TPSA) is 35.0 Å². The number of ether oxygens (including phenoxy) is 1. The summed E-state index contributed by atoms with van der Waals surface area (Å²) in [6, 6.07) is 14.5. The number of hydrogen-bond donors (Lipinski definition) is 0. The van der Waals surface area contributed by atoms with Crippen LogP contribution >= 0.6 is 23.4 Å². The van der Waals surface area contributed by atoms with Gasteiger partial charge in [0.05, 0.1) is 7.11 Å². The fourth-order valence-electron chi connectivity index (χ4n) is 1.92. The summed E-state index contributed by atoms with van der Waals surface area (Å²) in [6.07, 6.45) is 1.44. The highest BCUT2D eigenvalue weighted by molar-refractivity contribution is 7.99. The molecule has 0 aliphatic rings. The third-order valence-corrected chi connectivity index (χ3v) is 4.11. The number of halogens is 1. The summed E-state index contributed by atoms with van der Waals surface area (Å²) in [7, 11) is 1.56. The van der Waals surface area contributed by atoms with Gasteiger partial charge in [-0.25, -0.2) is 9.97 Å². The first kappa shape index (κ1) is 13.2. The normalized spacial score (nSPS) is 10.7. The molecule has 0 atom stereocenters. The van der Waals surface area contributed by atoms with Crippen LogP contribution in [0.5, 0.6) is 5.75 Å². The van der Waals surface area contributed by atoms with Crippen LogP contribution in [0.1, 0.15) is 0 Å². The van der Waals surface area contributed by atoms with Crippen molar-refractivity contribution >= 4 is 34.1 Å². The minimum atomic E-state index is 0.325. The van der Waals surface area contributed by atoms with Gasteiger partial charge in [-0.2, -0.15) is 0 Å². The molecule has 0 saturated heterocycles. The Morgan fingerprint density at radius 2 is 1.85 bits per heavy atom. The molecular formula is C15H11ClN2OS. The van der Waals surface area contributed by atoms with E-state index in [4.69, 9.17) is 16.3 Å². The molecule has 3 rings (SSSR count). The average Bonchev–Trinajstić information content (AvgIpc) is 2.47. The molecule has 0 N–H and O–H groups in total. The van der Waals surface area contributed by atoms with Crippen molar-refractivity contribution in [3.05, 3.63) is 53.9 Å². The molecule has 0 bridgehead atoms. The quantitative estimate of drug-likeness (QED) is 0.670. The lowest BCUT2D eigenvalue weighted by atomic mass is 10.1. The molecule has 3 aromatic rings. The SMILES string of the molecule is COc1c(Cl)ncnc1Sc1ccc2ccccc2c1. The third-order valence-electron chi connectivity index (χ3n) is 2.87. The van der Waals surface area contributed by atoms with Crippen LogP contribution in [-0.4, -0.2) is 17.1 Å². The Kier molecular flexibility index (Phi) is 3.76. The molecule has 1 aromatic heterocycles. The summed E-state index contributed by atoms with van der Waals surface area (Å²) in [5.74, 6) is 0.507. The van der Waals surface area contributed by atoms with Crippen molar-refractivity contribution in [2.24, 2.45) is 0 Å². The van der Waals surface area contributed by atoms with Crippen LogP contribution in [0.2, 0.25) is 5.15 Å². The van der Waals surface area contributed by atoms with Gasteiger partial charge in [-0.1, -0.05) is 53.7 Å². The molecule has 3 nitrogen and oxygen atoms in total. The largest absolute Gasteiger partial charge is 0.491 e. The number of benzene rings is 2. The van der Waals surface area contributed by atoms with Crippen molar-refractivity contribution < 1.29 is 4.74 Å². The third kappa shape index (κ3) is 2.57. The number of nitrogens with zero attached hydrogens (tertiary/aromatic N) is 2. The van der Waals surface area contributed by atoms with E-state index in [-0.39, 0.29) is 0 Å². The van der Waals surface area contributed by atoms with Gasteiger partial charge in [-0.05, 0) is 22.9 Å². The van der Waals surface area contributed by atoms with Crippen LogP contribution in [0.4, 0.5) is 0 Å². The zero-order valence-electron chi connectivity index (χ0n) is 10.7. The van der Waals surface area contributed by atoms with E-state index >= 15 is 0 Å². The summed E-state index contributed by atoms with van der Waals surface area (Å²) in [6.45, 7) is 0. The van der Waals surface area contributed by atoms with Crippen LogP contribution in [0.25, 0.3) is 10.8 Å². The molecule has 100 valence electrons. The second-order valence-corrected chi connectivity index (χ2v) is 5.53. The Balaban J connectivity index is 1.99. The van der Waals surface area contributed by atoms with Gasteiger partial charge in [0, 0.05) is 4.90 Å². The van der Waals surface area contributed by atoms with E-state index in [0.717, 1.165) is 4.90 Å². The Labute approximate surface area is 126 Å². The standard InChI is InChI=1S/C15H11ClN2OS/c1-19-13-14(16)17-9-18-15(13)20-12-7-6-10-4-2-3-5-11(10)8-12/h2-9H,1H3. The fraction of sp³-hybridized carbons (Fsp3) is 0.0667. The van der Waals surface area contributed by atoms with Gasteiger partial charge >= 0.3 is 0 Å². The highest BCUT2D eigenvalue weighted by atomic mass is 35.5. The minimum Gasteiger partial charge on any atom is -0.491 e. The summed E-state index contributed by atoms with van der Waals surface area (Å²) < 4.78 is 5.26. The van der Waals surface area contributed by atoms with Crippen LogP contribution in [0.15, 0.2) is 58.7 Å². The Morgan fingerprint density at radius 1 is 1.05 bits per heavy atom. The molecule has 2 aromatic carbocycles. The van der Waals surface area contributed by atoms with Crippen LogP contribution in [-0.2, 0) is 0 Å². The molecule has 0 radical (unpaired) electrons. The molecule has 0 saturated carbocycles. The maximum absolute atomic E-state index is 6.00.